The van der Waals surface area contributed by atoms with Crippen LogP contribution in [0.15, 0.2) is 29.3 Å². The number of benzene rings is 1. The molecule has 1 atom stereocenters. The average Bonchev–Trinajstić information content (AvgIpc) is 3.08. The first kappa shape index (κ1) is 22.5. The molecule has 1 aliphatic heterocycles. The van der Waals surface area contributed by atoms with Crippen LogP contribution in [0.2, 0.25) is 0 Å². The fourth-order valence-electron chi connectivity index (χ4n) is 3.38. The number of hydrogen-bond donors (Lipinski definition) is 1. The highest BCUT2D eigenvalue weighted by Gasteiger charge is 2.25. The molecule has 0 spiro atoms. The van der Waals surface area contributed by atoms with E-state index in [0.717, 1.165) is 55.2 Å². The van der Waals surface area contributed by atoms with Crippen molar-refractivity contribution in [2.75, 3.05) is 32.5 Å². The largest absolute Gasteiger partial charge is 0.497 e. The second kappa shape index (κ2) is 10.7. The van der Waals surface area contributed by atoms with Crippen LogP contribution in [0, 0.1) is 12.8 Å². The van der Waals surface area contributed by atoms with Crippen molar-refractivity contribution < 1.29 is 4.74 Å². The van der Waals surface area contributed by atoms with Crippen LogP contribution in [0.4, 0.5) is 0 Å². The van der Waals surface area contributed by atoms with Gasteiger partial charge in [0.1, 0.15) is 18.1 Å². The normalized spacial score (nSPS) is 17.5. The number of aliphatic imine (C=N–C) groups is 1. The first-order valence-electron chi connectivity index (χ1n) is 10.6. The van der Waals surface area contributed by atoms with Gasteiger partial charge in [-0.05, 0) is 37.0 Å². The summed E-state index contributed by atoms with van der Waals surface area (Å²) in [5.74, 6) is 5.43. The monoisotopic (exact) mass is 430 g/mol. The zero-order valence-corrected chi connectivity index (χ0v) is 19.6. The number of nitrogens with zero attached hydrogens (tertiary/aromatic N) is 5. The van der Waals surface area contributed by atoms with Crippen LogP contribution in [0.25, 0.3) is 0 Å². The van der Waals surface area contributed by atoms with Crippen molar-refractivity contribution in [3.05, 3.63) is 41.5 Å². The molecule has 1 unspecified atom stereocenters. The van der Waals surface area contributed by atoms with Crippen molar-refractivity contribution in [1.29, 1.82) is 0 Å². The molecule has 3 rings (SSSR count). The van der Waals surface area contributed by atoms with Crippen molar-refractivity contribution in [2.24, 2.45) is 18.0 Å². The van der Waals surface area contributed by atoms with Crippen molar-refractivity contribution in [2.45, 2.75) is 39.0 Å². The predicted octanol–water partition coefficient (Wildman–Crippen LogP) is 2.89. The first-order chi connectivity index (χ1) is 14.5. The Bertz CT molecular complexity index is 833. The molecule has 7 nitrogen and oxygen atoms in total. The van der Waals surface area contributed by atoms with Gasteiger partial charge in [0.25, 0.3) is 0 Å². The zero-order chi connectivity index (χ0) is 21.5. The van der Waals surface area contributed by atoms with Crippen LogP contribution < -0.4 is 10.1 Å². The molecule has 30 heavy (non-hydrogen) atoms. The van der Waals surface area contributed by atoms with E-state index in [9.17, 15) is 0 Å². The smallest absolute Gasteiger partial charge is 0.194 e. The van der Waals surface area contributed by atoms with E-state index in [4.69, 9.17) is 9.73 Å². The maximum Gasteiger partial charge on any atom is 0.194 e. The maximum absolute atomic E-state index is 5.25. The second-order valence-corrected chi connectivity index (χ2v) is 9.33. The van der Waals surface area contributed by atoms with E-state index in [0.29, 0.717) is 17.7 Å². The molecule has 0 aliphatic carbocycles. The molecule has 2 aromatic rings. The Morgan fingerprint density at radius 2 is 2.07 bits per heavy atom. The van der Waals surface area contributed by atoms with Gasteiger partial charge < -0.3 is 19.5 Å². The van der Waals surface area contributed by atoms with E-state index < -0.39 is 0 Å². The van der Waals surface area contributed by atoms with Gasteiger partial charge in [0.15, 0.2) is 11.8 Å². The molecule has 1 saturated heterocycles. The summed E-state index contributed by atoms with van der Waals surface area (Å²) in [6, 6.07) is 8.25. The SMILES string of the molecule is COc1ccc(CCNC(=NCc2nnc(C)n2C)N2CCSC(C(C)C)C2)cc1. The van der Waals surface area contributed by atoms with E-state index in [1.165, 1.54) is 5.56 Å². The summed E-state index contributed by atoms with van der Waals surface area (Å²) >= 11 is 2.07. The standard InChI is InChI=1S/C22H34N6OS/c1-16(2)20-15-28(12-13-30-20)22(24-14-21-26-25-17(3)27(21)4)23-11-10-18-6-8-19(29-5)9-7-18/h6-9,16,20H,10-15H2,1-5H3,(H,23,24). The van der Waals surface area contributed by atoms with Crippen LogP contribution >= 0.6 is 11.8 Å². The highest BCUT2D eigenvalue weighted by Crippen LogP contribution is 2.25. The quantitative estimate of drug-likeness (QED) is 0.538. The fourth-order valence-corrected chi connectivity index (χ4v) is 4.68. The molecule has 0 bridgehead atoms. The average molecular weight is 431 g/mol. The van der Waals surface area contributed by atoms with E-state index in [1.54, 1.807) is 7.11 Å². The lowest BCUT2D eigenvalue weighted by atomic mass is 10.1. The van der Waals surface area contributed by atoms with E-state index in [1.807, 2.05) is 30.7 Å². The number of aryl methyl sites for hydroxylation is 1. The highest BCUT2D eigenvalue weighted by molar-refractivity contribution is 8.00. The number of ether oxygens (including phenoxy) is 1. The summed E-state index contributed by atoms with van der Waals surface area (Å²) in [4.78, 5) is 7.32. The van der Waals surface area contributed by atoms with Crippen molar-refractivity contribution in [3.63, 3.8) is 0 Å². The molecule has 1 aromatic heterocycles. The maximum atomic E-state index is 5.25. The zero-order valence-electron chi connectivity index (χ0n) is 18.8. The number of aromatic nitrogens is 3. The molecular formula is C22H34N6OS. The van der Waals surface area contributed by atoms with Gasteiger partial charge in [0.05, 0.1) is 7.11 Å². The lowest BCUT2D eigenvalue weighted by Crippen LogP contribution is -2.49. The predicted molar refractivity (Wildman–Crippen MR) is 124 cm³/mol. The molecule has 1 N–H and O–H groups in total. The van der Waals surface area contributed by atoms with Crippen LogP contribution in [0.3, 0.4) is 0 Å². The minimum absolute atomic E-state index is 0.526. The number of thioether (sulfide) groups is 1. The van der Waals surface area contributed by atoms with Crippen LogP contribution in [0.5, 0.6) is 5.75 Å². The van der Waals surface area contributed by atoms with Crippen LogP contribution in [0.1, 0.15) is 31.1 Å². The molecule has 0 saturated carbocycles. The lowest BCUT2D eigenvalue weighted by molar-refractivity contribution is 0.380. The van der Waals surface area contributed by atoms with Crippen molar-refractivity contribution >= 4 is 17.7 Å². The van der Waals surface area contributed by atoms with E-state index >= 15 is 0 Å². The lowest BCUT2D eigenvalue weighted by Gasteiger charge is -2.36. The fraction of sp³-hybridized carbons (Fsp3) is 0.591. The van der Waals surface area contributed by atoms with Crippen molar-refractivity contribution in [1.82, 2.24) is 25.0 Å². The van der Waals surface area contributed by atoms with E-state index in [2.05, 4.69) is 58.2 Å². The molecule has 2 heterocycles. The number of nitrogens with one attached hydrogen (secondary N) is 1. The van der Waals surface area contributed by atoms with Gasteiger partial charge in [-0.25, -0.2) is 4.99 Å². The van der Waals surface area contributed by atoms with Crippen molar-refractivity contribution in [3.8, 4) is 5.75 Å². The first-order valence-corrected chi connectivity index (χ1v) is 11.7. The molecule has 1 aromatic carbocycles. The Morgan fingerprint density at radius 1 is 1.30 bits per heavy atom. The van der Waals surface area contributed by atoms with E-state index in [-0.39, 0.29) is 0 Å². The summed E-state index contributed by atoms with van der Waals surface area (Å²) in [5.41, 5.74) is 1.28. The third-order valence-corrected chi connectivity index (χ3v) is 7.09. The summed E-state index contributed by atoms with van der Waals surface area (Å²) in [6.45, 7) is 9.96. The van der Waals surface area contributed by atoms with Gasteiger partial charge in [-0.15, -0.1) is 10.2 Å². The van der Waals surface area contributed by atoms with Gasteiger partial charge in [0, 0.05) is 37.7 Å². The molecule has 1 aliphatic rings. The molecule has 164 valence electrons. The molecule has 1 fully saturated rings. The van der Waals surface area contributed by atoms with Gasteiger partial charge in [-0.2, -0.15) is 11.8 Å². The van der Waals surface area contributed by atoms with Gasteiger partial charge in [-0.1, -0.05) is 26.0 Å². The summed E-state index contributed by atoms with van der Waals surface area (Å²) in [6.07, 6.45) is 0.933. The van der Waals surface area contributed by atoms with Gasteiger partial charge in [0.2, 0.25) is 0 Å². The van der Waals surface area contributed by atoms with Gasteiger partial charge in [-0.3, -0.25) is 0 Å². The second-order valence-electron chi connectivity index (χ2n) is 7.99. The topological polar surface area (TPSA) is 67.6 Å². The third kappa shape index (κ3) is 5.90. The highest BCUT2D eigenvalue weighted by atomic mass is 32.2. The molecule has 0 amide bonds. The Balaban J connectivity index is 1.67. The Kier molecular flexibility index (Phi) is 8.01. The van der Waals surface area contributed by atoms with Gasteiger partial charge >= 0.3 is 0 Å². The summed E-state index contributed by atoms with van der Waals surface area (Å²) in [7, 11) is 3.68. The molecular weight excluding hydrogens is 396 g/mol. The molecule has 0 radical (unpaired) electrons. The summed E-state index contributed by atoms with van der Waals surface area (Å²) in [5, 5.41) is 12.6. The molecule has 8 heteroatoms. The van der Waals surface area contributed by atoms with Crippen LogP contribution in [-0.4, -0.2) is 63.4 Å². The van der Waals surface area contributed by atoms with Crippen LogP contribution in [-0.2, 0) is 20.0 Å². The Morgan fingerprint density at radius 3 is 2.70 bits per heavy atom. The summed E-state index contributed by atoms with van der Waals surface area (Å²) < 4.78 is 7.25. The minimum Gasteiger partial charge on any atom is -0.497 e. The Labute approximate surface area is 184 Å². The minimum atomic E-state index is 0.526. The Hall–Kier alpha value is -2.22. The third-order valence-electron chi connectivity index (χ3n) is 5.55. The number of hydrogen-bond acceptors (Lipinski definition) is 5. The number of guanidine groups is 1. The number of rotatable bonds is 7. The number of methoxy groups -OCH3 is 1.